The molecule has 8 heteroatoms. The Kier molecular flexibility index (Phi) is 4.46. The molecule has 0 radical (unpaired) electrons. The smallest absolute Gasteiger partial charge is 0.400 e. The van der Waals surface area contributed by atoms with Gasteiger partial charge in [0.1, 0.15) is 4.92 Å². The maximum atomic E-state index is 11.8. The van der Waals surface area contributed by atoms with Gasteiger partial charge >= 0.3 is 5.88 Å². The van der Waals surface area contributed by atoms with Gasteiger partial charge in [0.25, 0.3) is 0 Å². The average molecular weight is 281 g/mol. The number of carbonyl (C=O) groups excluding carboxylic acids is 1. The zero-order valence-electron chi connectivity index (χ0n) is 10.7. The van der Waals surface area contributed by atoms with Crippen LogP contribution in [0.5, 0.6) is 0 Å². The second-order valence-corrected chi connectivity index (χ2v) is 4.67. The number of nitrogens with zero attached hydrogens (tertiary/aromatic N) is 2. The molecular formula is C12H15N3O5. The van der Waals surface area contributed by atoms with Crippen molar-refractivity contribution in [2.24, 2.45) is 11.0 Å². The van der Waals surface area contributed by atoms with Crippen LogP contribution in [0.4, 0.5) is 5.88 Å². The van der Waals surface area contributed by atoms with E-state index in [4.69, 9.17) is 4.42 Å². The van der Waals surface area contributed by atoms with E-state index in [9.17, 15) is 20.0 Å². The Bertz CT molecular complexity index is 517. The van der Waals surface area contributed by atoms with Crippen LogP contribution in [0.15, 0.2) is 21.7 Å². The summed E-state index contributed by atoms with van der Waals surface area (Å²) in [5.41, 5.74) is 2.37. The number of nitrogens with one attached hydrogen (secondary N) is 1. The third kappa shape index (κ3) is 3.64. The van der Waals surface area contributed by atoms with Gasteiger partial charge in [-0.25, -0.2) is 5.43 Å². The molecule has 0 aromatic carbocycles. The van der Waals surface area contributed by atoms with Crippen molar-refractivity contribution in [2.45, 2.75) is 31.8 Å². The van der Waals surface area contributed by atoms with Gasteiger partial charge in [0, 0.05) is 5.92 Å². The van der Waals surface area contributed by atoms with Crippen molar-refractivity contribution >= 4 is 18.0 Å². The van der Waals surface area contributed by atoms with Gasteiger partial charge in [0.05, 0.1) is 18.4 Å². The zero-order chi connectivity index (χ0) is 14.5. The number of carbonyl (C=O) groups is 1. The molecule has 8 nitrogen and oxygen atoms in total. The topological polar surface area (TPSA) is 118 Å². The lowest BCUT2D eigenvalue weighted by Crippen LogP contribution is -2.31. The maximum Gasteiger partial charge on any atom is 0.433 e. The number of hydrazone groups is 1. The Balaban J connectivity index is 1.83. The van der Waals surface area contributed by atoms with Crippen molar-refractivity contribution in [1.82, 2.24) is 5.43 Å². The maximum absolute atomic E-state index is 11.8. The lowest BCUT2D eigenvalue weighted by molar-refractivity contribution is -0.402. The Morgan fingerprint density at radius 3 is 2.75 bits per heavy atom. The number of amides is 1. The van der Waals surface area contributed by atoms with E-state index in [-0.39, 0.29) is 29.6 Å². The molecule has 1 amide bonds. The van der Waals surface area contributed by atoms with Gasteiger partial charge in [-0.1, -0.05) is 0 Å². The Morgan fingerprint density at radius 2 is 2.15 bits per heavy atom. The summed E-state index contributed by atoms with van der Waals surface area (Å²) >= 11 is 0. The van der Waals surface area contributed by atoms with E-state index in [1.807, 2.05) is 0 Å². The molecule has 20 heavy (non-hydrogen) atoms. The van der Waals surface area contributed by atoms with Crippen molar-refractivity contribution in [3.63, 3.8) is 0 Å². The minimum atomic E-state index is -0.650. The minimum absolute atomic E-state index is 0.151. The van der Waals surface area contributed by atoms with E-state index in [1.165, 1.54) is 18.3 Å². The van der Waals surface area contributed by atoms with Crippen molar-refractivity contribution < 1.29 is 19.2 Å². The predicted molar refractivity (Wildman–Crippen MR) is 69.1 cm³/mol. The number of aliphatic hydroxyl groups is 1. The number of aliphatic hydroxyl groups excluding tert-OH is 1. The predicted octanol–water partition coefficient (Wildman–Crippen LogP) is 1.19. The van der Waals surface area contributed by atoms with Crippen LogP contribution in [0, 0.1) is 16.0 Å². The van der Waals surface area contributed by atoms with Gasteiger partial charge < -0.3 is 9.52 Å². The third-order valence-corrected chi connectivity index (χ3v) is 3.23. The SMILES string of the molecule is O=C(N/N=C/c1ccc([N+](=O)[O-])o1)C1CCC(O)CC1. The van der Waals surface area contributed by atoms with E-state index in [2.05, 4.69) is 10.5 Å². The van der Waals surface area contributed by atoms with Gasteiger partial charge in [-0.15, -0.1) is 0 Å². The molecule has 2 N–H and O–H groups in total. The molecule has 0 bridgehead atoms. The Labute approximate surface area is 114 Å². The highest BCUT2D eigenvalue weighted by Gasteiger charge is 2.24. The lowest BCUT2D eigenvalue weighted by atomic mass is 9.87. The van der Waals surface area contributed by atoms with E-state index in [1.54, 1.807) is 0 Å². The van der Waals surface area contributed by atoms with E-state index in [0.29, 0.717) is 25.7 Å². The Hall–Kier alpha value is -2.22. The second-order valence-electron chi connectivity index (χ2n) is 4.67. The monoisotopic (exact) mass is 281 g/mol. The number of nitro groups is 1. The minimum Gasteiger partial charge on any atom is -0.400 e. The second kappa shape index (κ2) is 6.29. The van der Waals surface area contributed by atoms with Crippen LogP contribution in [-0.2, 0) is 4.79 Å². The van der Waals surface area contributed by atoms with Crippen LogP contribution in [-0.4, -0.2) is 28.3 Å². The molecule has 0 saturated heterocycles. The highest BCUT2D eigenvalue weighted by atomic mass is 16.6. The van der Waals surface area contributed by atoms with Gasteiger partial charge in [-0.3, -0.25) is 14.9 Å². The van der Waals surface area contributed by atoms with Crippen LogP contribution in [0.2, 0.25) is 0 Å². The molecule has 0 unspecified atom stereocenters. The summed E-state index contributed by atoms with van der Waals surface area (Å²) in [7, 11) is 0. The largest absolute Gasteiger partial charge is 0.433 e. The van der Waals surface area contributed by atoms with Crippen molar-refractivity contribution in [2.75, 3.05) is 0 Å². The van der Waals surface area contributed by atoms with Crippen LogP contribution >= 0.6 is 0 Å². The van der Waals surface area contributed by atoms with E-state index in [0.717, 1.165) is 0 Å². The van der Waals surface area contributed by atoms with Gasteiger partial charge in [-0.05, 0) is 31.7 Å². The molecule has 1 heterocycles. The highest BCUT2D eigenvalue weighted by molar-refractivity contribution is 5.81. The lowest BCUT2D eigenvalue weighted by Gasteiger charge is -2.23. The molecule has 1 aromatic heterocycles. The summed E-state index contributed by atoms with van der Waals surface area (Å²) in [6.45, 7) is 0. The molecule has 0 spiro atoms. The molecule has 108 valence electrons. The number of furan rings is 1. The summed E-state index contributed by atoms with van der Waals surface area (Å²) in [4.78, 5) is 21.5. The zero-order valence-corrected chi connectivity index (χ0v) is 10.7. The van der Waals surface area contributed by atoms with Crippen molar-refractivity contribution in [3.05, 3.63) is 28.0 Å². The van der Waals surface area contributed by atoms with Gasteiger partial charge in [0.15, 0.2) is 5.76 Å². The number of rotatable bonds is 4. The molecule has 1 aliphatic rings. The molecule has 1 saturated carbocycles. The molecule has 2 rings (SSSR count). The molecule has 0 aliphatic heterocycles. The first-order chi connectivity index (χ1) is 9.56. The van der Waals surface area contributed by atoms with Crippen LogP contribution in [0.3, 0.4) is 0 Å². The quantitative estimate of drug-likeness (QED) is 0.488. The molecule has 1 fully saturated rings. The van der Waals surface area contributed by atoms with E-state index >= 15 is 0 Å². The standard InChI is InChI=1S/C12H15N3O5/c16-9-3-1-8(2-4-9)12(17)14-13-7-10-5-6-11(20-10)15(18)19/h5-9,16H,1-4H2,(H,14,17)/b13-7+. The van der Waals surface area contributed by atoms with Crippen molar-refractivity contribution in [1.29, 1.82) is 0 Å². The summed E-state index contributed by atoms with van der Waals surface area (Å²) in [5.74, 6) is -0.550. The first kappa shape index (κ1) is 14.2. The van der Waals surface area contributed by atoms with E-state index < -0.39 is 4.92 Å². The fourth-order valence-electron chi connectivity index (χ4n) is 2.10. The van der Waals surface area contributed by atoms with Crippen LogP contribution in [0.25, 0.3) is 0 Å². The van der Waals surface area contributed by atoms with Crippen LogP contribution in [0.1, 0.15) is 31.4 Å². The summed E-state index contributed by atoms with van der Waals surface area (Å²) in [6, 6.07) is 2.61. The first-order valence-corrected chi connectivity index (χ1v) is 6.31. The summed E-state index contributed by atoms with van der Waals surface area (Å²) in [5, 5.41) is 23.5. The van der Waals surface area contributed by atoms with Crippen LogP contribution < -0.4 is 5.43 Å². The molecule has 1 aliphatic carbocycles. The fraction of sp³-hybridized carbons (Fsp3) is 0.500. The van der Waals surface area contributed by atoms with Gasteiger partial charge in [-0.2, -0.15) is 5.10 Å². The summed E-state index contributed by atoms with van der Waals surface area (Å²) < 4.78 is 4.85. The molecular weight excluding hydrogens is 266 g/mol. The highest BCUT2D eigenvalue weighted by Crippen LogP contribution is 2.24. The number of hydrogen-bond acceptors (Lipinski definition) is 6. The first-order valence-electron chi connectivity index (χ1n) is 6.31. The normalized spacial score (nSPS) is 22.9. The Morgan fingerprint density at radius 1 is 1.45 bits per heavy atom. The average Bonchev–Trinajstić information content (AvgIpc) is 2.88. The molecule has 0 atom stereocenters. The number of hydrogen-bond donors (Lipinski definition) is 2. The molecule has 1 aromatic rings. The van der Waals surface area contributed by atoms with Gasteiger partial charge in [0.2, 0.25) is 5.91 Å². The fourth-order valence-corrected chi connectivity index (χ4v) is 2.10. The van der Waals surface area contributed by atoms with Crippen molar-refractivity contribution in [3.8, 4) is 0 Å². The third-order valence-electron chi connectivity index (χ3n) is 3.23. The summed E-state index contributed by atoms with van der Waals surface area (Å²) in [6.07, 6.45) is 3.40.